The monoisotopic (exact) mass is 246 g/mol. The number of furan rings is 1. The van der Waals surface area contributed by atoms with Crippen molar-refractivity contribution in [2.45, 2.75) is 13.5 Å². The van der Waals surface area contributed by atoms with Gasteiger partial charge in [-0.2, -0.15) is 0 Å². The fraction of sp³-hybridized carbons (Fsp3) is 0.231. The molecule has 0 atom stereocenters. The Balaban J connectivity index is 2.15. The van der Waals surface area contributed by atoms with Crippen LogP contribution in [0.1, 0.15) is 23.0 Å². The first kappa shape index (κ1) is 12.2. The lowest BCUT2D eigenvalue weighted by molar-refractivity contribution is 0.0663. The van der Waals surface area contributed by atoms with E-state index in [0.717, 1.165) is 12.1 Å². The summed E-state index contributed by atoms with van der Waals surface area (Å²) in [4.78, 5) is 16.7. The van der Waals surface area contributed by atoms with E-state index in [0.29, 0.717) is 12.4 Å². The Morgan fingerprint density at radius 2 is 2.06 bits per heavy atom. The molecule has 0 aromatic carbocycles. The fourth-order valence-corrected chi connectivity index (χ4v) is 1.67. The smallest absolute Gasteiger partial charge is 0.371 e. The Bertz CT molecular complexity index is 522. The maximum atomic E-state index is 10.8. The molecule has 2 aromatic rings. The van der Waals surface area contributed by atoms with E-state index in [1.165, 1.54) is 6.07 Å². The lowest BCUT2D eigenvalue weighted by Crippen LogP contribution is -2.21. The Kier molecular flexibility index (Phi) is 3.62. The van der Waals surface area contributed by atoms with Crippen molar-refractivity contribution in [1.29, 1.82) is 0 Å². The zero-order valence-corrected chi connectivity index (χ0v) is 10.0. The Morgan fingerprint density at radius 1 is 1.33 bits per heavy atom. The van der Waals surface area contributed by atoms with E-state index in [1.54, 1.807) is 18.5 Å². The first-order valence-corrected chi connectivity index (χ1v) is 5.67. The van der Waals surface area contributed by atoms with Crippen LogP contribution >= 0.6 is 0 Å². The average Bonchev–Trinajstić information content (AvgIpc) is 2.87. The molecule has 5 heteroatoms. The summed E-state index contributed by atoms with van der Waals surface area (Å²) in [5.41, 5.74) is 1.10. The van der Waals surface area contributed by atoms with Gasteiger partial charge in [0.1, 0.15) is 0 Å². The third kappa shape index (κ3) is 2.68. The highest BCUT2D eigenvalue weighted by Gasteiger charge is 2.13. The molecule has 2 aromatic heterocycles. The highest BCUT2D eigenvalue weighted by atomic mass is 16.4. The SMILES string of the molecule is CCN(Cc1ccncc1)c1ccc(C(=O)O)o1. The number of anilines is 1. The molecule has 5 nitrogen and oxygen atoms in total. The van der Waals surface area contributed by atoms with E-state index in [2.05, 4.69) is 4.98 Å². The number of aromatic carboxylic acids is 1. The molecule has 0 aliphatic heterocycles. The van der Waals surface area contributed by atoms with Gasteiger partial charge in [-0.25, -0.2) is 4.79 Å². The van der Waals surface area contributed by atoms with E-state index in [1.807, 2.05) is 24.0 Å². The lowest BCUT2D eigenvalue weighted by atomic mass is 10.2. The van der Waals surface area contributed by atoms with Gasteiger partial charge in [0.25, 0.3) is 0 Å². The van der Waals surface area contributed by atoms with Gasteiger partial charge in [-0.05, 0) is 30.7 Å². The maximum absolute atomic E-state index is 10.8. The van der Waals surface area contributed by atoms with E-state index < -0.39 is 5.97 Å². The molecule has 0 bridgehead atoms. The summed E-state index contributed by atoms with van der Waals surface area (Å²) in [6.07, 6.45) is 3.46. The van der Waals surface area contributed by atoms with Gasteiger partial charge in [-0.1, -0.05) is 0 Å². The molecule has 0 spiro atoms. The zero-order chi connectivity index (χ0) is 13.0. The molecule has 2 rings (SSSR count). The van der Waals surface area contributed by atoms with Crippen molar-refractivity contribution < 1.29 is 14.3 Å². The van der Waals surface area contributed by atoms with Crippen LogP contribution in [0.25, 0.3) is 0 Å². The minimum atomic E-state index is -1.05. The molecule has 0 saturated carbocycles. The van der Waals surface area contributed by atoms with Gasteiger partial charge in [0.2, 0.25) is 5.76 Å². The second-order valence-electron chi connectivity index (χ2n) is 3.81. The van der Waals surface area contributed by atoms with Gasteiger partial charge in [0, 0.05) is 31.5 Å². The standard InChI is InChI=1S/C13H14N2O3/c1-2-15(9-10-5-7-14-8-6-10)12-4-3-11(18-12)13(16)17/h3-8H,2,9H2,1H3,(H,16,17). The third-order valence-electron chi connectivity index (χ3n) is 2.62. The molecule has 1 N–H and O–H groups in total. The topological polar surface area (TPSA) is 66.6 Å². The van der Waals surface area contributed by atoms with E-state index >= 15 is 0 Å². The number of carbonyl (C=O) groups is 1. The molecule has 0 radical (unpaired) electrons. The number of rotatable bonds is 5. The number of carboxylic acids is 1. The van der Waals surface area contributed by atoms with Gasteiger partial charge in [-0.15, -0.1) is 0 Å². The maximum Gasteiger partial charge on any atom is 0.371 e. The summed E-state index contributed by atoms with van der Waals surface area (Å²) in [5.74, 6) is -0.536. The van der Waals surface area contributed by atoms with Crippen molar-refractivity contribution in [3.63, 3.8) is 0 Å². The number of hydrogen-bond acceptors (Lipinski definition) is 4. The summed E-state index contributed by atoms with van der Waals surface area (Å²) in [6, 6.07) is 6.98. The first-order valence-electron chi connectivity index (χ1n) is 5.67. The summed E-state index contributed by atoms with van der Waals surface area (Å²) >= 11 is 0. The number of hydrogen-bond donors (Lipinski definition) is 1. The highest BCUT2D eigenvalue weighted by molar-refractivity contribution is 5.84. The molecular formula is C13H14N2O3. The molecule has 0 saturated heterocycles. The van der Waals surface area contributed by atoms with Gasteiger partial charge in [0.15, 0.2) is 5.88 Å². The van der Waals surface area contributed by atoms with Crippen molar-refractivity contribution in [2.75, 3.05) is 11.4 Å². The number of carboxylic acid groups (broad SMARTS) is 1. The quantitative estimate of drug-likeness (QED) is 0.877. The summed E-state index contributed by atoms with van der Waals surface area (Å²) < 4.78 is 5.28. The van der Waals surface area contributed by atoms with Crippen LogP contribution in [0.2, 0.25) is 0 Å². The number of aromatic nitrogens is 1. The molecule has 18 heavy (non-hydrogen) atoms. The summed E-state index contributed by atoms with van der Waals surface area (Å²) in [5, 5.41) is 8.82. The van der Waals surface area contributed by atoms with E-state index in [9.17, 15) is 4.79 Å². The molecule has 0 unspecified atom stereocenters. The largest absolute Gasteiger partial charge is 0.475 e. The minimum absolute atomic E-state index is 0.0434. The third-order valence-corrected chi connectivity index (χ3v) is 2.62. The molecule has 0 fully saturated rings. The van der Waals surface area contributed by atoms with Crippen molar-refractivity contribution in [3.8, 4) is 0 Å². The van der Waals surface area contributed by atoms with Crippen LogP contribution in [0, 0.1) is 0 Å². The molecule has 0 aliphatic rings. The van der Waals surface area contributed by atoms with Crippen LogP contribution in [-0.4, -0.2) is 22.6 Å². The molecule has 94 valence electrons. The number of nitrogens with zero attached hydrogens (tertiary/aromatic N) is 2. The van der Waals surface area contributed by atoms with Gasteiger partial charge in [0.05, 0.1) is 0 Å². The van der Waals surface area contributed by atoms with Crippen LogP contribution in [0.4, 0.5) is 5.88 Å². The first-order chi connectivity index (χ1) is 8.70. The predicted octanol–water partition coefficient (Wildman–Crippen LogP) is 2.40. The second-order valence-corrected chi connectivity index (χ2v) is 3.81. The second kappa shape index (κ2) is 5.35. The van der Waals surface area contributed by atoms with Crippen LogP contribution in [0.15, 0.2) is 41.1 Å². The Morgan fingerprint density at radius 3 is 2.61 bits per heavy atom. The van der Waals surface area contributed by atoms with E-state index in [4.69, 9.17) is 9.52 Å². The summed E-state index contributed by atoms with van der Waals surface area (Å²) in [7, 11) is 0. The lowest BCUT2D eigenvalue weighted by Gasteiger charge is -2.19. The summed E-state index contributed by atoms with van der Waals surface area (Å²) in [6.45, 7) is 3.38. The van der Waals surface area contributed by atoms with Crippen LogP contribution in [0.5, 0.6) is 0 Å². The van der Waals surface area contributed by atoms with E-state index in [-0.39, 0.29) is 5.76 Å². The van der Waals surface area contributed by atoms with Crippen molar-refractivity contribution in [2.24, 2.45) is 0 Å². The Hall–Kier alpha value is -2.30. The minimum Gasteiger partial charge on any atom is -0.475 e. The van der Waals surface area contributed by atoms with Crippen LogP contribution in [-0.2, 0) is 6.54 Å². The predicted molar refractivity (Wildman–Crippen MR) is 66.6 cm³/mol. The fourth-order valence-electron chi connectivity index (χ4n) is 1.67. The van der Waals surface area contributed by atoms with Crippen molar-refractivity contribution in [3.05, 3.63) is 48.0 Å². The van der Waals surface area contributed by atoms with Crippen molar-refractivity contribution in [1.82, 2.24) is 4.98 Å². The van der Waals surface area contributed by atoms with Crippen LogP contribution < -0.4 is 4.90 Å². The molecule has 0 aliphatic carbocycles. The normalized spacial score (nSPS) is 10.3. The average molecular weight is 246 g/mol. The Labute approximate surface area is 105 Å². The zero-order valence-electron chi connectivity index (χ0n) is 10.0. The molecule has 2 heterocycles. The van der Waals surface area contributed by atoms with Gasteiger partial charge >= 0.3 is 5.97 Å². The number of pyridine rings is 1. The molecular weight excluding hydrogens is 232 g/mol. The van der Waals surface area contributed by atoms with Gasteiger partial charge in [-0.3, -0.25) is 4.98 Å². The van der Waals surface area contributed by atoms with Crippen molar-refractivity contribution >= 4 is 11.9 Å². The highest BCUT2D eigenvalue weighted by Crippen LogP contribution is 2.20. The van der Waals surface area contributed by atoms with Gasteiger partial charge < -0.3 is 14.4 Å². The molecule has 0 amide bonds. The van der Waals surface area contributed by atoms with Crippen LogP contribution in [0.3, 0.4) is 0 Å².